The summed E-state index contributed by atoms with van der Waals surface area (Å²) in [4.78, 5) is 27.3. The first-order valence-electron chi connectivity index (χ1n) is 11.4. The Hall–Kier alpha value is -4.52. The summed E-state index contributed by atoms with van der Waals surface area (Å²) in [5.41, 5.74) is 10.5. The van der Waals surface area contributed by atoms with E-state index in [4.69, 9.17) is 15.8 Å². The van der Waals surface area contributed by atoms with Crippen molar-refractivity contribution in [1.82, 2.24) is 39.1 Å². The summed E-state index contributed by atoms with van der Waals surface area (Å²) in [5, 5.41) is 9.77. The normalized spacial score (nSPS) is 13.3. The van der Waals surface area contributed by atoms with Gasteiger partial charge in [0.15, 0.2) is 11.2 Å². The molecule has 1 aliphatic carbocycles. The average Bonchev–Trinajstić information content (AvgIpc) is 3.53. The lowest BCUT2D eigenvalue weighted by Gasteiger charge is -2.15. The third kappa shape index (κ3) is 3.44. The molecule has 10 nitrogen and oxygen atoms in total. The van der Waals surface area contributed by atoms with Gasteiger partial charge in [-0.1, -0.05) is 24.1 Å². The van der Waals surface area contributed by atoms with Crippen LogP contribution in [-0.4, -0.2) is 39.1 Å². The zero-order chi connectivity index (χ0) is 24.3. The van der Waals surface area contributed by atoms with Gasteiger partial charge < -0.3 is 5.73 Å². The molecule has 35 heavy (non-hydrogen) atoms. The van der Waals surface area contributed by atoms with Gasteiger partial charge >= 0.3 is 0 Å². The summed E-state index contributed by atoms with van der Waals surface area (Å²) < 4.78 is 4.91. The Labute approximate surface area is 200 Å². The van der Waals surface area contributed by atoms with Crippen molar-refractivity contribution in [1.29, 1.82) is 0 Å². The summed E-state index contributed by atoms with van der Waals surface area (Å²) in [5.74, 6) is 7.64. The largest absolute Gasteiger partial charge is 0.383 e. The number of nitrogen functional groups attached to an aromatic ring is 1. The molecule has 2 N–H and O–H groups in total. The van der Waals surface area contributed by atoms with E-state index in [9.17, 15) is 4.79 Å². The molecule has 1 fully saturated rings. The lowest BCUT2D eigenvalue weighted by molar-refractivity contribution is 0.645. The first-order valence-corrected chi connectivity index (χ1v) is 11.4. The van der Waals surface area contributed by atoms with Crippen molar-refractivity contribution in [2.45, 2.75) is 33.2 Å². The van der Waals surface area contributed by atoms with Gasteiger partial charge in [-0.25, -0.2) is 19.6 Å². The fraction of sp³-hybridized carbons (Fsp3) is 0.280. The molecule has 4 heterocycles. The number of hydrogen-bond donors (Lipinski definition) is 1. The lowest BCUT2D eigenvalue weighted by Crippen LogP contribution is -2.27. The highest BCUT2D eigenvalue weighted by atomic mass is 16.1. The van der Waals surface area contributed by atoms with Crippen molar-refractivity contribution in [3.63, 3.8) is 0 Å². The maximum atomic E-state index is 13.8. The van der Waals surface area contributed by atoms with Gasteiger partial charge in [0.25, 0.3) is 5.56 Å². The second kappa shape index (κ2) is 7.77. The molecule has 6 rings (SSSR count). The summed E-state index contributed by atoms with van der Waals surface area (Å²) >= 11 is 0. The Kier molecular flexibility index (Phi) is 4.67. The van der Waals surface area contributed by atoms with Crippen LogP contribution in [0.15, 0.2) is 35.4 Å². The van der Waals surface area contributed by atoms with Gasteiger partial charge in [-0.2, -0.15) is 10.2 Å². The molecule has 1 saturated carbocycles. The van der Waals surface area contributed by atoms with Crippen LogP contribution in [0.25, 0.3) is 27.8 Å². The van der Waals surface area contributed by atoms with Gasteiger partial charge in [-0.15, -0.1) is 0 Å². The van der Waals surface area contributed by atoms with Gasteiger partial charge in [0.05, 0.1) is 16.8 Å². The topological polar surface area (TPSA) is 122 Å². The number of fused-ring (bicyclic) bond motifs is 2. The van der Waals surface area contributed by atoms with Gasteiger partial charge in [0, 0.05) is 13.0 Å². The van der Waals surface area contributed by atoms with Crippen LogP contribution in [0.3, 0.4) is 0 Å². The number of rotatable bonds is 3. The Morgan fingerprint density at radius 3 is 2.71 bits per heavy atom. The molecule has 0 aliphatic heterocycles. The van der Waals surface area contributed by atoms with Crippen molar-refractivity contribution >= 4 is 27.9 Å². The van der Waals surface area contributed by atoms with Crippen LogP contribution in [0.5, 0.6) is 0 Å². The monoisotopic (exact) mass is 465 g/mol. The van der Waals surface area contributed by atoms with Crippen molar-refractivity contribution in [2.75, 3.05) is 5.73 Å². The van der Waals surface area contributed by atoms with E-state index in [0.29, 0.717) is 51.0 Å². The number of nitrogens with zero attached hydrogens (tertiary/aromatic N) is 8. The smallest absolute Gasteiger partial charge is 0.284 e. The minimum atomic E-state index is -0.193. The van der Waals surface area contributed by atoms with Crippen molar-refractivity contribution in [3.8, 4) is 17.5 Å². The number of anilines is 1. The van der Waals surface area contributed by atoms with Gasteiger partial charge in [0.2, 0.25) is 0 Å². The van der Waals surface area contributed by atoms with Crippen LogP contribution >= 0.6 is 0 Å². The van der Waals surface area contributed by atoms with Crippen molar-refractivity contribution in [2.24, 2.45) is 13.0 Å². The predicted octanol–water partition coefficient (Wildman–Crippen LogP) is 2.27. The van der Waals surface area contributed by atoms with Crippen molar-refractivity contribution in [3.05, 3.63) is 63.7 Å². The van der Waals surface area contributed by atoms with Gasteiger partial charge in [0.1, 0.15) is 35.7 Å². The molecule has 0 amide bonds. The second-order valence-electron chi connectivity index (χ2n) is 8.87. The van der Waals surface area contributed by atoms with E-state index in [0.717, 1.165) is 24.1 Å². The Balaban J connectivity index is 1.60. The zero-order valence-corrected chi connectivity index (χ0v) is 19.6. The maximum absolute atomic E-state index is 13.8. The van der Waals surface area contributed by atoms with E-state index < -0.39 is 0 Å². The quantitative estimate of drug-likeness (QED) is 0.406. The van der Waals surface area contributed by atoms with E-state index in [1.54, 1.807) is 21.0 Å². The van der Waals surface area contributed by atoms with E-state index in [1.807, 2.05) is 38.1 Å². The van der Waals surface area contributed by atoms with Crippen LogP contribution < -0.4 is 11.3 Å². The SMILES string of the molecule is Cc1ccccc1-n1c(Cn2nc(C#CC3CC3)c3c(N)ncnc32)nc2c(C)nn(C)c2c1=O. The number of aryl methyl sites for hydroxylation is 3. The van der Waals surface area contributed by atoms with Crippen LogP contribution in [0.1, 0.15) is 35.6 Å². The Bertz CT molecular complexity index is 1760. The highest BCUT2D eigenvalue weighted by Crippen LogP contribution is 2.28. The molecule has 10 heteroatoms. The molecule has 0 radical (unpaired) electrons. The Morgan fingerprint density at radius 2 is 1.94 bits per heavy atom. The summed E-state index contributed by atoms with van der Waals surface area (Å²) in [7, 11) is 1.76. The second-order valence-corrected chi connectivity index (χ2v) is 8.87. The number of benzene rings is 1. The molecule has 174 valence electrons. The summed E-state index contributed by atoms with van der Waals surface area (Å²) in [6.07, 6.45) is 3.62. The van der Waals surface area contributed by atoms with Gasteiger partial charge in [-0.05, 0) is 44.2 Å². The minimum Gasteiger partial charge on any atom is -0.383 e. The van der Waals surface area contributed by atoms with Gasteiger partial charge in [-0.3, -0.25) is 14.0 Å². The highest BCUT2D eigenvalue weighted by molar-refractivity contribution is 5.90. The molecule has 0 atom stereocenters. The zero-order valence-electron chi connectivity index (χ0n) is 19.6. The van der Waals surface area contributed by atoms with Crippen molar-refractivity contribution < 1.29 is 0 Å². The van der Waals surface area contributed by atoms with E-state index in [1.165, 1.54) is 6.33 Å². The van der Waals surface area contributed by atoms with Crippen LogP contribution in [-0.2, 0) is 13.6 Å². The number of para-hydroxylation sites is 1. The predicted molar refractivity (Wildman–Crippen MR) is 132 cm³/mol. The first kappa shape index (κ1) is 21.0. The molecule has 0 unspecified atom stereocenters. The minimum absolute atomic E-state index is 0.186. The third-order valence-corrected chi connectivity index (χ3v) is 6.27. The highest BCUT2D eigenvalue weighted by Gasteiger charge is 2.22. The molecular formula is C25H23N9O. The first-order chi connectivity index (χ1) is 16.9. The average molecular weight is 466 g/mol. The summed E-state index contributed by atoms with van der Waals surface area (Å²) in [6, 6.07) is 7.72. The van der Waals surface area contributed by atoms with Crippen LogP contribution in [0.2, 0.25) is 0 Å². The molecule has 0 spiro atoms. The number of hydrogen-bond acceptors (Lipinski definition) is 7. The molecule has 1 aromatic carbocycles. The van der Waals surface area contributed by atoms with E-state index in [-0.39, 0.29) is 12.1 Å². The fourth-order valence-electron chi connectivity index (χ4n) is 4.35. The molecule has 1 aliphatic rings. The standard InChI is InChI=1S/C25H23N9O/c1-14-6-4-5-7-18(14)34-19(29-21-15(2)30-32(3)22(21)25(34)35)12-33-24-20(23(26)27-13-28-24)17(31-33)11-10-16-8-9-16/h4-7,13,16H,8-9,12H2,1-3H3,(H2,26,27,28). The maximum Gasteiger partial charge on any atom is 0.284 e. The molecule has 5 aromatic rings. The molecule has 0 saturated heterocycles. The van der Waals surface area contributed by atoms with E-state index >= 15 is 0 Å². The fourth-order valence-corrected chi connectivity index (χ4v) is 4.35. The van der Waals surface area contributed by atoms with Crippen LogP contribution in [0.4, 0.5) is 5.82 Å². The van der Waals surface area contributed by atoms with Crippen LogP contribution in [0, 0.1) is 31.6 Å². The Morgan fingerprint density at radius 1 is 1.14 bits per heavy atom. The molecule has 0 bridgehead atoms. The third-order valence-electron chi connectivity index (χ3n) is 6.27. The number of nitrogens with two attached hydrogens (primary N) is 1. The van der Waals surface area contributed by atoms with E-state index in [2.05, 4.69) is 26.9 Å². The number of aromatic nitrogens is 8. The molecule has 4 aromatic heterocycles. The summed E-state index contributed by atoms with van der Waals surface area (Å²) in [6.45, 7) is 4.00. The lowest BCUT2D eigenvalue weighted by atomic mass is 10.2. The molecular weight excluding hydrogens is 442 g/mol.